The zero-order valence-electron chi connectivity index (χ0n) is 20.6. The molecule has 2 unspecified atom stereocenters. The van der Waals surface area contributed by atoms with E-state index in [0.29, 0.717) is 19.0 Å². The van der Waals surface area contributed by atoms with Gasteiger partial charge in [0.2, 0.25) is 0 Å². The second-order valence-corrected chi connectivity index (χ2v) is 10.8. The molecule has 188 valence electrons. The maximum absolute atomic E-state index is 13.9. The van der Waals surface area contributed by atoms with Gasteiger partial charge < -0.3 is 4.55 Å². The van der Waals surface area contributed by atoms with Gasteiger partial charge in [-0.1, -0.05) is 13.8 Å². The molecule has 3 heterocycles. The number of hydrogen-bond acceptors (Lipinski definition) is 6. The largest absolute Gasteiger partial charge is 0.586 e. The molecule has 1 aliphatic heterocycles. The highest BCUT2D eigenvalue weighted by Gasteiger charge is 2.43. The van der Waals surface area contributed by atoms with Crippen LogP contribution in [0.2, 0.25) is 0 Å². The molecule has 0 spiro atoms. The summed E-state index contributed by atoms with van der Waals surface area (Å²) in [4.78, 5) is 17.4. The van der Waals surface area contributed by atoms with Crippen LogP contribution in [0.1, 0.15) is 31.0 Å². The summed E-state index contributed by atoms with van der Waals surface area (Å²) in [6.07, 6.45) is 3.18. The predicted octanol–water partition coefficient (Wildman–Crippen LogP) is 3.17. The fraction of sp³-hybridized carbons (Fsp3) is 0.360. The SMILES string of the molecule is Cc1cc2c(cnn2-c2ccc(F)cc2)cc1C1C(=O)N([S+]([O-])c2cnn(C)n2)CCN1CC(C)C. The average Bonchev–Trinajstić information content (AvgIpc) is 3.45. The number of carbonyl (C=O) groups is 1. The van der Waals surface area contributed by atoms with Crippen molar-refractivity contribution in [1.82, 2.24) is 34.0 Å². The number of aryl methyl sites for hydroxylation is 2. The summed E-state index contributed by atoms with van der Waals surface area (Å²) in [5.74, 6) is -0.181. The number of aromatic nitrogens is 5. The first-order chi connectivity index (χ1) is 17.2. The molecule has 11 heteroatoms. The van der Waals surface area contributed by atoms with E-state index in [1.807, 2.05) is 19.1 Å². The minimum atomic E-state index is -1.74. The number of nitrogens with zero attached hydrogens (tertiary/aromatic N) is 7. The van der Waals surface area contributed by atoms with E-state index >= 15 is 0 Å². The molecule has 2 aromatic heterocycles. The molecule has 5 rings (SSSR count). The van der Waals surface area contributed by atoms with E-state index in [2.05, 4.69) is 34.0 Å². The Morgan fingerprint density at radius 1 is 1.14 bits per heavy atom. The van der Waals surface area contributed by atoms with E-state index in [-0.39, 0.29) is 16.8 Å². The molecule has 1 amide bonds. The van der Waals surface area contributed by atoms with E-state index in [0.717, 1.165) is 34.3 Å². The normalized spacial score (nSPS) is 17.9. The van der Waals surface area contributed by atoms with Crippen LogP contribution in [0.25, 0.3) is 16.6 Å². The summed E-state index contributed by atoms with van der Waals surface area (Å²) >= 11 is -1.74. The third-order valence-corrected chi connectivity index (χ3v) is 7.62. The molecule has 0 bridgehead atoms. The summed E-state index contributed by atoms with van der Waals surface area (Å²) in [5.41, 5.74) is 3.39. The molecule has 0 N–H and O–H groups in total. The van der Waals surface area contributed by atoms with Crippen LogP contribution in [0.15, 0.2) is 53.8 Å². The Hall–Kier alpha value is -3.28. The van der Waals surface area contributed by atoms with E-state index in [9.17, 15) is 13.7 Å². The van der Waals surface area contributed by atoms with E-state index in [4.69, 9.17) is 0 Å². The molecule has 2 aromatic carbocycles. The van der Waals surface area contributed by atoms with Crippen molar-refractivity contribution < 1.29 is 13.7 Å². The Morgan fingerprint density at radius 3 is 2.56 bits per heavy atom. The van der Waals surface area contributed by atoms with Gasteiger partial charge in [0.05, 0.1) is 23.9 Å². The summed E-state index contributed by atoms with van der Waals surface area (Å²) in [6, 6.07) is 9.57. The maximum atomic E-state index is 13.9. The van der Waals surface area contributed by atoms with Gasteiger partial charge in [-0.3, -0.25) is 9.69 Å². The van der Waals surface area contributed by atoms with Crippen molar-refractivity contribution in [3.8, 4) is 5.69 Å². The summed E-state index contributed by atoms with van der Waals surface area (Å²) in [6.45, 7) is 7.87. The Morgan fingerprint density at radius 2 is 1.89 bits per heavy atom. The zero-order valence-corrected chi connectivity index (χ0v) is 21.4. The number of amides is 1. The number of halogens is 1. The molecule has 0 aliphatic carbocycles. The van der Waals surface area contributed by atoms with Gasteiger partial charge in [-0.05, 0) is 60.4 Å². The van der Waals surface area contributed by atoms with Crippen LogP contribution in [0.4, 0.5) is 4.39 Å². The number of rotatable bonds is 6. The smallest absolute Gasteiger partial charge is 0.310 e. The van der Waals surface area contributed by atoms with Gasteiger partial charge in [-0.15, -0.1) is 5.10 Å². The van der Waals surface area contributed by atoms with Crippen molar-refractivity contribution in [2.24, 2.45) is 13.0 Å². The molecular formula is C25H28FN7O2S. The average molecular weight is 510 g/mol. The number of fused-ring (bicyclic) bond motifs is 1. The van der Waals surface area contributed by atoms with Gasteiger partial charge in [0.1, 0.15) is 29.4 Å². The van der Waals surface area contributed by atoms with E-state index < -0.39 is 17.4 Å². The minimum Gasteiger partial charge on any atom is -0.586 e. The van der Waals surface area contributed by atoms with Gasteiger partial charge >= 0.3 is 5.03 Å². The van der Waals surface area contributed by atoms with Crippen molar-refractivity contribution in [1.29, 1.82) is 0 Å². The first-order valence-electron chi connectivity index (χ1n) is 11.8. The lowest BCUT2D eigenvalue weighted by molar-refractivity contribution is -0.136. The number of benzene rings is 2. The molecule has 2 atom stereocenters. The first kappa shape index (κ1) is 24.4. The van der Waals surface area contributed by atoms with E-state index in [1.165, 1.54) is 27.4 Å². The summed E-state index contributed by atoms with van der Waals surface area (Å²) in [7, 11) is 1.65. The standard InChI is InChI=1S/C25H28FN7O2S/c1-16(2)15-31-9-10-32(36(35)23-14-27-30(4)29-23)25(34)24(31)21-12-18-13-28-33(22(18)11-17(21)3)20-7-5-19(26)6-8-20/h5-8,11-14,16,24H,9-10,15H2,1-4H3. The van der Waals surface area contributed by atoms with Crippen molar-refractivity contribution in [3.63, 3.8) is 0 Å². The Kier molecular flexibility index (Phi) is 6.54. The molecule has 0 radical (unpaired) electrons. The molecule has 1 aliphatic rings. The highest BCUT2D eigenvalue weighted by Crippen LogP contribution is 2.34. The lowest BCUT2D eigenvalue weighted by Gasteiger charge is -2.40. The van der Waals surface area contributed by atoms with Crippen LogP contribution in [0, 0.1) is 18.7 Å². The number of piperazine rings is 1. The third-order valence-electron chi connectivity index (χ3n) is 6.31. The van der Waals surface area contributed by atoms with Gasteiger partial charge in [-0.25, -0.2) is 9.07 Å². The van der Waals surface area contributed by atoms with Crippen molar-refractivity contribution in [2.45, 2.75) is 31.8 Å². The Labute approximate surface area is 211 Å². The highest BCUT2D eigenvalue weighted by molar-refractivity contribution is 7.89. The fourth-order valence-electron chi connectivity index (χ4n) is 4.71. The maximum Gasteiger partial charge on any atom is 0.310 e. The summed E-state index contributed by atoms with van der Waals surface area (Å²) in [5, 5.41) is 13.8. The molecular weight excluding hydrogens is 481 g/mol. The van der Waals surface area contributed by atoms with Crippen molar-refractivity contribution in [3.05, 3.63) is 65.7 Å². The van der Waals surface area contributed by atoms with Gasteiger partial charge in [-0.2, -0.15) is 19.3 Å². The second kappa shape index (κ2) is 9.64. The molecule has 1 saturated heterocycles. The van der Waals surface area contributed by atoms with Gasteiger partial charge in [0, 0.05) is 25.5 Å². The predicted molar refractivity (Wildman–Crippen MR) is 134 cm³/mol. The van der Waals surface area contributed by atoms with E-state index in [1.54, 1.807) is 30.1 Å². The zero-order chi connectivity index (χ0) is 25.6. The van der Waals surface area contributed by atoms with Crippen LogP contribution in [0.5, 0.6) is 0 Å². The topological polar surface area (TPSA) is 95.1 Å². The van der Waals surface area contributed by atoms with Crippen molar-refractivity contribution >= 4 is 28.2 Å². The molecule has 36 heavy (non-hydrogen) atoms. The second-order valence-electron chi connectivity index (χ2n) is 9.45. The van der Waals surface area contributed by atoms with Crippen molar-refractivity contribution in [2.75, 3.05) is 19.6 Å². The van der Waals surface area contributed by atoms with Crippen LogP contribution in [-0.4, -0.2) is 64.1 Å². The van der Waals surface area contributed by atoms with Crippen LogP contribution in [-0.2, 0) is 23.2 Å². The molecule has 4 aromatic rings. The molecule has 0 saturated carbocycles. The van der Waals surface area contributed by atoms with Crippen LogP contribution < -0.4 is 0 Å². The van der Waals surface area contributed by atoms with Crippen LogP contribution in [0.3, 0.4) is 0 Å². The highest BCUT2D eigenvalue weighted by atomic mass is 32.2. The third kappa shape index (κ3) is 4.49. The Bertz CT molecular complexity index is 1400. The first-order valence-corrected chi connectivity index (χ1v) is 12.9. The lowest BCUT2D eigenvalue weighted by Crippen LogP contribution is -2.55. The Balaban J connectivity index is 1.54. The summed E-state index contributed by atoms with van der Waals surface area (Å²) < 4.78 is 29.8. The van der Waals surface area contributed by atoms with Gasteiger partial charge in [0.25, 0.3) is 5.91 Å². The monoisotopic (exact) mass is 509 g/mol. The van der Waals surface area contributed by atoms with Crippen LogP contribution >= 0.6 is 0 Å². The number of carbonyl (C=O) groups excluding carboxylic acids is 1. The number of hydrogen-bond donors (Lipinski definition) is 0. The minimum absolute atomic E-state index is 0.223. The quantitative estimate of drug-likeness (QED) is 0.371. The lowest BCUT2D eigenvalue weighted by atomic mass is 9.95. The molecule has 1 fully saturated rings. The fourth-order valence-corrected chi connectivity index (χ4v) is 5.77. The van der Waals surface area contributed by atoms with Gasteiger partial charge in [0.15, 0.2) is 0 Å². The molecule has 9 nitrogen and oxygen atoms in total.